The van der Waals surface area contributed by atoms with Crippen LogP contribution in [0.4, 0.5) is 13.2 Å². The van der Waals surface area contributed by atoms with Crippen LogP contribution in [0, 0.1) is 0 Å². The third-order valence-corrected chi connectivity index (χ3v) is 2.03. The maximum atomic E-state index is 11.6. The average molecular weight is 233 g/mol. The second kappa shape index (κ2) is 5.03. The molecule has 0 heterocycles. The second-order valence-electron chi connectivity index (χ2n) is 2.03. The summed E-state index contributed by atoms with van der Waals surface area (Å²) in [6, 6.07) is 0. The van der Waals surface area contributed by atoms with Crippen molar-refractivity contribution < 1.29 is 25.8 Å². The Labute approximate surface area is 77.4 Å². The van der Waals surface area contributed by atoms with Crippen LogP contribution in [0.3, 0.4) is 0 Å². The van der Waals surface area contributed by atoms with Crippen LogP contribution in [0.1, 0.15) is 6.42 Å². The molecular formula is C4H6F3N3O3S. The maximum Gasteiger partial charge on any atom is 0.523 e. The van der Waals surface area contributed by atoms with Crippen molar-refractivity contribution in [3.05, 3.63) is 10.4 Å². The summed E-state index contributed by atoms with van der Waals surface area (Å²) >= 11 is 0. The van der Waals surface area contributed by atoms with E-state index in [1.165, 1.54) is 0 Å². The third kappa shape index (κ3) is 4.30. The number of hydrogen-bond donors (Lipinski definition) is 0. The minimum atomic E-state index is -5.52. The van der Waals surface area contributed by atoms with Crippen LogP contribution in [-0.4, -0.2) is 27.1 Å². The van der Waals surface area contributed by atoms with Crippen LogP contribution < -0.4 is 0 Å². The lowest BCUT2D eigenvalue weighted by molar-refractivity contribution is -0.0542. The standard InChI is InChI=1S/C4H6F3N3O3S/c5-4(6,7)14(11,12)13-3-1-2-9-10-8/h1-3H2. The number of halogens is 3. The summed E-state index contributed by atoms with van der Waals surface area (Å²) in [4.78, 5) is 2.32. The Kier molecular flexibility index (Phi) is 4.68. The predicted molar refractivity (Wildman–Crippen MR) is 39.6 cm³/mol. The van der Waals surface area contributed by atoms with Gasteiger partial charge in [-0.1, -0.05) is 5.11 Å². The predicted octanol–water partition coefficient (Wildman–Crippen LogP) is 1.55. The van der Waals surface area contributed by atoms with E-state index < -0.39 is 22.2 Å². The quantitative estimate of drug-likeness (QED) is 0.180. The highest BCUT2D eigenvalue weighted by molar-refractivity contribution is 7.87. The number of hydrogen-bond acceptors (Lipinski definition) is 4. The highest BCUT2D eigenvalue weighted by atomic mass is 32.2. The minimum Gasteiger partial charge on any atom is -0.263 e. The lowest BCUT2D eigenvalue weighted by atomic mass is 10.5. The molecule has 14 heavy (non-hydrogen) atoms. The molecule has 0 aliphatic carbocycles. The summed E-state index contributed by atoms with van der Waals surface area (Å²) in [6.45, 7) is -0.787. The Morgan fingerprint density at radius 2 is 2.00 bits per heavy atom. The Balaban J connectivity index is 3.96. The largest absolute Gasteiger partial charge is 0.523 e. The van der Waals surface area contributed by atoms with Gasteiger partial charge in [-0.25, -0.2) is 0 Å². The molecule has 0 saturated heterocycles. The van der Waals surface area contributed by atoms with E-state index >= 15 is 0 Å². The molecule has 6 nitrogen and oxygen atoms in total. The molecule has 0 bridgehead atoms. The summed E-state index contributed by atoms with van der Waals surface area (Å²) < 4.78 is 58.9. The molecule has 0 aliphatic rings. The van der Waals surface area contributed by atoms with E-state index in [9.17, 15) is 21.6 Å². The maximum absolute atomic E-state index is 11.6. The summed E-state index contributed by atoms with van der Waals surface area (Å²) in [7, 11) is -5.52. The summed E-state index contributed by atoms with van der Waals surface area (Å²) in [5.74, 6) is 0. The highest BCUT2D eigenvalue weighted by Gasteiger charge is 2.47. The van der Waals surface area contributed by atoms with Crippen molar-refractivity contribution in [3.63, 3.8) is 0 Å². The van der Waals surface area contributed by atoms with Gasteiger partial charge < -0.3 is 0 Å². The highest BCUT2D eigenvalue weighted by Crippen LogP contribution is 2.24. The van der Waals surface area contributed by atoms with E-state index in [1.54, 1.807) is 0 Å². The van der Waals surface area contributed by atoms with Gasteiger partial charge in [-0.15, -0.1) is 0 Å². The summed E-state index contributed by atoms with van der Waals surface area (Å²) in [5, 5.41) is 2.98. The lowest BCUT2D eigenvalue weighted by Crippen LogP contribution is -2.26. The van der Waals surface area contributed by atoms with Gasteiger partial charge in [0.25, 0.3) is 0 Å². The molecule has 0 aliphatic heterocycles. The van der Waals surface area contributed by atoms with Gasteiger partial charge in [0, 0.05) is 11.5 Å². The van der Waals surface area contributed by atoms with Gasteiger partial charge >= 0.3 is 15.6 Å². The van der Waals surface area contributed by atoms with Crippen molar-refractivity contribution in [3.8, 4) is 0 Å². The first-order chi connectivity index (χ1) is 6.31. The molecule has 0 radical (unpaired) electrons. The van der Waals surface area contributed by atoms with Crippen LogP contribution >= 0.6 is 0 Å². The first kappa shape index (κ1) is 13.0. The summed E-state index contributed by atoms with van der Waals surface area (Å²) in [5.41, 5.74) is 2.36. The topological polar surface area (TPSA) is 92.1 Å². The fourth-order valence-corrected chi connectivity index (χ4v) is 0.886. The van der Waals surface area contributed by atoms with Gasteiger partial charge in [-0.05, 0) is 12.0 Å². The molecule has 0 spiro atoms. The minimum absolute atomic E-state index is 0.0978. The molecule has 82 valence electrons. The van der Waals surface area contributed by atoms with Gasteiger partial charge in [0.2, 0.25) is 0 Å². The second-order valence-corrected chi connectivity index (χ2v) is 3.64. The fraction of sp³-hybridized carbons (Fsp3) is 1.00. The zero-order valence-electron chi connectivity index (χ0n) is 6.73. The van der Waals surface area contributed by atoms with E-state index in [0.717, 1.165) is 0 Å². The molecule has 0 amide bonds. The smallest absolute Gasteiger partial charge is 0.263 e. The summed E-state index contributed by atoms with van der Waals surface area (Å²) in [6.07, 6.45) is -0.0978. The molecule has 10 heteroatoms. The van der Waals surface area contributed by atoms with Gasteiger partial charge in [0.05, 0.1) is 6.61 Å². The lowest BCUT2D eigenvalue weighted by Gasteiger charge is -2.06. The molecule has 0 aromatic rings. The average Bonchev–Trinajstić information content (AvgIpc) is 2.02. The van der Waals surface area contributed by atoms with Crippen molar-refractivity contribution in [2.45, 2.75) is 11.9 Å². The van der Waals surface area contributed by atoms with Gasteiger partial charge in [0.15, 0.2) is 0 Å². The zero-order valence-corrected chi connectivity index (χ0v) is 7.55. The van der Waals surface area contributed by atoms with Gasteiger partial charge in [-0.2, -0.15) is 21.6 Å². The first-order valence-corrected chi connectivity index (χ1v) is 4.68. The Hall–Kier alpha value is -0.990. The first-order valence-electron chi connectivity index (χ1n) is 3.28. The Morgan fingerprint density at radius 3 is 2.43 bits per heavy atom. The van der Waals surface area contributed by atoms with Gasteiger partial charge in [-0.3, -0.25) is 4.18 Å². The molecule has 0 aromatic heterocycles. The van der Waals surface area contributed by atoms with Gasteiger partial charge in [0.1, 0.15) is 0 Å². The Bertz CT molecular complexity index is 318. The van der Waals surface area contributed by atoms with Crippen LogP contribution in [0.5, 0.6) is 0 Å². The Morgan fingerprint density at radius 1 is 1.43 bits per heavy atom. The van der Waals surface area contributed by atoms with E-state index in [2.05, 4.69) is 14.2 Å². The van der Waals surface area contributed by atoms with Crippen LogP contribution in [0.2, 0.25) is 0 Å². The van der Waals surface area contributed by atoms with Crippen molar-refractivity contribution in [2.24, 2.45) is 5.11 Å². The van der Waals surface area contributed by atoms with Crippen LogP contribution in [0.15, 0.2) is 5.11 Å². The van der Waals surface area contributed by atoms with Crippen molar-refractivity contribution in [1.82, 2.24) is 0 Å². The van der Waals surface area contributed by atoms with Crippen LogP contribution in [0.25, 0.3) is 10.4 Å². The number of alkyl halides is 3. The molecule has 0 fully saturated rings. The molecule has 0 N–H and O–H groups in total. The molecule has 0 atom stereocenters. The SMILES string of the molecule is [N-]=[N+]=NCCCOS(=O)(=O)C(F)(F)F. The van der Waals surface area contributed by atoms with E-state index in [0.29, 0.717) is 0 Å². The number of rotatable bonds is 5. The number of nitrogens with zero attached hydrogens (tertiary/aromatic N) is 3. The molecular weight excluding hydrogens is 227 g/mol. The molecule has 0 unspecified atom stereocenters. The van der Waals surface area contributed by atoms with Crippen molar-refractivity contribution in [1.29, 1.82) is 0 Å². The van der Waals surface area contributed by atoms with Crippen molar-refractivity contribution in [2.75, 3.05) is 13.2 Å². The number of azide groups is 1. The van der Waals surface area contributed by atoms with Crippen molar-refractivity contribution >= 4 is 10.1 Å². The van der Waals surface area contributed by atoms with E-state index in [4.69, 9.17) is 5.53 Å². The zero-order chi connectivity index (χ0) is 11.2. The van der Waals surface area contributed by atoms with Crippen LogP contribution in [-0.2, 0) is 14.3 Å². The third-order valence-electron chi connectivity index (χ3n) is 0.988. The fourth-order valence-electron chi connectivity index (χ4n) is 0.415. The molecule has 0 saturated carbocycles. The molecule has 0 aromatic carbocycles. The molecule has 0 rings (SSSR count). The monoisotopic (exact) mass is 233 g/mol. The van der Waals surface area contributed by atoms with E-state index in [-0.39, 0.29) is 13.0 Å². The van der Waals surface area contributed by atoms with E-state index in [1.807, 2.05) is 0 Å². The normalized spacial score (nSPS) is 12.2.